The number of carboxylic acids is 1. The lowest BCUT2D eigenvalue weighted by Crippen LogP contribution is -2.25. The molecule has 2 N–H and O–H groups in total. The summed E-state index contributed by atoms with van der Waals surface area (Å²) in [5.41, 5.74) is 1.80. The number of nitrogens with zero attached hydrogens (tertiary/aromatic N) is 1. The van der Waals surface area contributed by atoms with Crippen LogP contribution in [0.2, 0.25) is 5.02 Å². The van der Waals surface area contributed by atoms with Crippen molar-refractivity contribution in [1.29, 1.82) is 0 Å². The van der Waals surface area contributed by atoms with Gasteiger partial charge in [-0.2, -0.15) is 0 Å². The molecular weight excluding hydrogens is 464 g/mol. The highest BCUT2D eigenvalue weighted by Gasteiger charge is 2.24. The van der Waals surface area contributed by atoms with Crippen molar-refractivity contribution in [3.63, 3.8) is 0 Å². The molecule has 0 atom stereocenters. The van der Waals surface area contributed by atoms with Crippen molar-refractivity contribution < 1.29 is 19.4 Å². The molecule has 0 aliphatic rings. The second kappa shape index (κ2) is 9.48. The number of pyridine rings is 1. The summed E-state index contributed by atoms with van der Waals surface area (Å²) in [4.78, 5) is 36.8. The first-order valence-corrected chi connectivity index (χ1v) is 11.2. The van der Waals surface area contributed by atoms with Crippen molar-refractivity contribution in [2.24, 2.45) is 0 Å². The molecule has 2 heterocycles. The van der Waals surface area contributed by atoms with Crippen molar-refractivity contribution in [2.45, 2.75) is 20.1 Å². The van der Waals surface area contributed by atoms with Gasteiger partial charge in [-0.25, -0.2) is 4.79 Å². The molecule has 0 saturated heterocycles. The number of rotatable bonds is 7. The summed E-state index contributed by atoms with van der Waals surface area (Å²) in [5.74, 6) is -1.68. The molecule has 33 heavy (non-hydrogen) atoms. The van der Waals surface area contributed by atoms with E-state index in [1.807, 2.05) is 30.3 Å². The molecule has 0 bridgehead atoms. The minimum atomic E-state index is -1.22. The number of hydrogen-bond acceptors (Lipinski definition) is 5. The average molecular weight is 483 g/mol. The largest absolute Gasteiger partial charge is 0.482 e. The van der Waals surface area contributed by atoms with Gasteiger partial charge in [0, 0.05) is 6.92 Å². The lowest BCUT2D eigenvalue weighted by molar-refractivity contribution is -0.114. The van der Waals surface area contributed by atoms with Crippen LogP contribution in [0.25, 0.3) is 10.2 Å². The van der Waals surface area contributed by atoms with Crippen LogP contribution in [0.5, 0.6) is 5.75 Å². The Bertz CT molecular complexity index is 1410. The fourth-order valence-corrected chi connectivity index (χ4v) is 4.67. The van der Waals surface area contributed by atoms with Crippen molar-refractivity contribution in [1.82, 2.24) is 4.57 Å². The van der Waals surface area contributed by atoms with Gasteiger partial charge in [-0.3, -0.25) is 14.2 Å². The number of amides is 1. The highest BCUT2D eigenvalue weighted by atomic mass is 35.5. The minimum Gasteiger partial charge on any atom is -0.482 e. The summed E-state index contributed by atoms with van der Waals surface area (Å²) < 4.78 is 7.70. The Labute approximate surface area is 197 Å². The SMILES string of the molecule is CC(=O)Nc1ccc(Cn2c(=O)c(OCc3ccccc3)c(C(=O)O)c3sccc32)cc1Cl. The Balaban J connectivity index is 1.78. The molecule has 168 valence electrons. The van der Waals surface area contributed by atoms with E-state index in [0.717, 1.165) is 5.56 Å². The van der Waals surface area contributed by atoms with E-state index in [1.165, 1.54) is 22.8 Å². The molecule has 0 saturated carbocycles. The predicted molar refractivity (Wildman–Crippen MR) is 129 cm³/mol. The highest BCUT2D eigenvalue weighted by molar-refractivity contribution is 7.17. The van der Waals surface area contributed by atoms with E-state index in [2.05, 4.69) is 5.32 Å². The van der Waals surface area contributed by atoms with Crippen molar-refractivity contribution >= 4 is 50.7 Å². The maximum atomic E-state index is 13.4. The van der Waals surface area contributed by atoms with Gasteiger partial charge in [0.05, 0.1) is 27.5 Å². The third kappa shape index (κ3) is 4.76. The Morgan fingerprint density at radius 1 is 1.12 bits per heavy atom. The molecular formula is C24H19ClN2O5S. The first-order valence-electron chi connectivity index (χ1n) is 9.95. The van der Waals surface area contributed by atoms with Gasteiger partial charge in [-0.05, 0) is 34.7 Å². The number of aromatic nitrogens is 1. The first kappa shape index (κ1) is 22.6. The van der Waals surface area contributed by atoms with E-state index in [4.69, 9.17) is 16.3 Å². The monoisotopic (exact) mass is 482 g/mol. The first-order chi connectivity index (χ1) is 15.8. The predicted octanol–water partition coefficient (Wildman–Crippen LogP) is 5.00. The molecule has 4 rings (SSSR count). The Kier molecular flexibility index (Phi) is 6.48. The number of carbonyl (C=O) groups is 2. The van der Waals surface area contributed by atoms with E-state index in [1.54, 1.807) is 29.6 Å². The van der Waals surface area contributed by atoms with Crippen LogP contribution in [0, 0.1) is 0 Å². The third-order valence-corrected chi connectivity index (χ3v) is 6.19. The van der Waals surface area contributed by atoms with E-state index in [9.17, 15) is 19.5 Å². The normalized spacial score (nSPS) is 10.8. The van der Waals surface area contributed by atoms with E-state index >= 15 is 0 Å². The second-order valence-electron chi connectivity index (χ2n) is 7.31. The van der Waals surface area contributed by atoms with Crippen molar-refractivity contribution in [3.8, 4) is 5.75 Å². The number of anilines is 1. The number of halogens is 1. The number of hydrogen-bond donors (Lipinski definition) is 2. The Hall–Kier alpha value is -3.62. The van der Waals surface area contributed by atoms with Crippen LogP contribution in [-0.4, -0.2) is 21.6 Å². The fourth-order valence-electron chi connectivity index (χ4n) is 3.49. The highest BCUT2D eigenvalue weighted by Crippen LogP contribution is 2.31. The maximum absolute atomic E-state index is 13.4. The van der Waals surface area contributed by atoms with Gasteiger partial charge in [0.2, 0.25) is 11.7 Å². The molecule has 1 amide bonds. The average Bonchev–Trinajstić information content (AvgIpc) is 3.25. The topological polar surface area (TPSA) is 97.6 Å². The van der Waals surface area contributed by atoms with Gasteiger partial charge in [0.25, 0.3) is 5.56 Å². The molecule has 0 aliphatic carbocycles. The number of carbonyl (C=O) groups excluding carboxylic acids is 1. The molecule has 2 aromatic heterocycles. The lowest BCUT2D eigenvalue weighted by Gasteiger charge is -2.15. The van der Waals surface area contributed by atoms with Gasteiger partial charge in [-0.15, -0.1) is 11.3 Å². The number of nitrogens with one attached hydrogen (secondary N) is 1. The van der Waals surface area contributed by atoms with E-state index < -0.39 is 11.5 Å². The van der Waals surface area contributed by atoms with Gasteiger partial charge in [0.15, 0.2) is 0 Å². The number of aromatic carboxylic acids is 1. The molecule has 9 heteroatoms. The smallest absolute Gasteiger partial charge is 0.341 e. The van der Waals surface area contributed by atoms with Crippen LogP contribution in [0.3, 0.4) is 0 Å². The van der Waals surface area contributed by atoms with Crippen molar-refractivity contribution in [3.05, 3.63) is 92.0 Å². The molecule has 0 spiro atoms. The fraction of sp³-hybridized carbons (Fsp3) is 0.125. The summed E-state index contributed by atoms with van der Waals surface area (Å²) in [6, 6.07) is 16.0. The lowest BCUT2D eigenvalue weighted by atomic mass is 10.1. The van der Waals surface area contributed by atoms with Crippen LogP contribution < -0.4 is 15.6 Å². The van der Waals surface area contributed by atoms with Gasteiger partial charge in [-0.1, -0.05) is 48.0 Å². The zero-order valence-corrected chi connectivity index (χ0v) is 19.1. The summed E-state index contributed by atoms with van der Waals surface area (Å²) in [6.07, 6.45) is 0. The van der Waals surface area contributed by atoms with Crippen LogP contribution in [0.4, 0.5) is 5.69 Å². The third-order valence-electron chi connectivity index (χ3n) is 4.95. The molecule has 0 unspecified atom stereocenters. The molecule has 2 aromatic carbocycles. The van der Waals surface area contributed by atoms with E-state index in [-0.39, 0.29) is 30.4 Å². The molecule has 0 aliphatic heterocycles. The quantitative estimate of drug-likeness (QED) is 0.386. The molecule has 4 aromatic rings. The minimum absolute atomic E-state index is 0.0600. The number of carboxylic acid groups (broad SMARTS) is 1. The van der Waals surface area contributed by atoms with Crippen LogP contribution in [0.15, 0.2) is 64.8 Å². The molecule has 0 radical (unpaired) electrons. The standard InChI is InChI=1S/C24H19ClN2O5S/c1-14(28)26-18-8-7-16(11-17(18)25)12-27-19-9-10-33-22(19)20(24(30)31)21(23(27)29)32-13-15-5-3-2-4-6-15/h2-11H,12-13H2,1H3,(H,26,28)(H,30,31). The second-order valence-corrected chi connectivity index (χ2v) is 8.63. The Morgan fingerprint density at radius 3 is 2.55 bits per heavy atom. The number of ether oxygens (including phenoxy) is 1. The van der Waals surface area contributed by atoms with E-state index in [0.29, 0.717) is 26.5 Å². The van der Waals surface area contributed by atoms with Crippen LogP contribution in [-0.2, 0) is 17.9 Å². The Morgan fingerprint density at radius 2 is 1.88 bits per heavy atom. The summed E-state index contributed by atoms with van der Waals surface area (Å²) in [7, 11) is 0. The number of fused-ring (bicyclic) bond motifs is 1. The zero-order valence-electron chi connectivity index (χ0n) is 17.5. The maximum Gasteiger partial charge on any atom is 0.341 e. The summed E-state index contributed by atoms with van der Waals surface area (Å²) >= 11 is 7.52. The number of thiophene rings is 1. The summed E-state index contributed by atoms with van der Waals surface area (Å²) in [5, 5.41) is 14.6. The van der Waals surface area contributed by atoms with Gasteiger partial charge >= 0.3 is 5.97 Å². The van der Waals surface area contributed by atoms with Crippen LogP contribution >= 0.6 is 22.9 Å². The zero-order chi connectivity index (χ0) is 23.5. The van der Waals surface area contributed by atoms with Crippen molar-refractivity contribution in [2.75, 3.05) is 5.32 Å². The summed E-state index contributed by atoms with van der Waals surface area (Å²) in [6.45, 7) is 1.59. The van der Waals surface area contributed by atoms with Crippen LogP contribution in [0.1, 0.15) is 28.4 Å². The molecule has 0 fully saturated rings. The van der Waals surface area contributed by atoms with Gasteiger partial charge < -0.3 is 15.2 Å². The molecule has 7 nitrogen and oxygen atoms in total. The van der Waals surface area contributed by atoms with Gasteiger partial charge in [0.1, 0.15) is 12.2 Å². The number of benzene rings is 2.